The van der Waals surface area contributed by atoms with E-state index in [2.05, 4.69) is 10.3 Å². The van der Waals surface area contributed by atoms with Gasteiger partial charge >= 0.3 is 5.91 Å². The Morgan fingerprint density at radius 2 is 2.18 bits per heavy atom. The van der Waals surface area contributed by atoms with E-state index in [1.54, 1.807) is 26.0 Å². The van der Waals surface area contributed by atoms with Crippen LogP contribution in [0.15, 0.2) is 28.8 Å². The Kier molecular flexibility index (Phi) is 2.82. The Labute approximate surface area is 98.1 Å². The van der Waals surface area contributed by atoms with Crippen LogP contribution >= 0.6 is 0 Å². The van der Waals surface area contributed by atoms with Crippen molar-refractivity contribution in [2.45, 2.75) is 13.8 Å². The number of nitrogens with zero attached hydrogens (tertiary/aromatic N) is 1. The summed E-state index contributed by atoms with van der Waals surface area (Å²) >= 11 is 0. The molecule has 88 valence electrons. The van der Waals surface area contributed by atoms with Gasteiger partial charge in [-0.25, -0.2) is 4.98 Å². The van der Waals surface area contributed by atoms with Gasteiger partial charge in [-0.3, -0.25) is 4.79 Å². The molecule has 0 saturated heterocycles. The molecule has 0 spiro atoms. The topological polar surface area (TPSA) is 75.4 Å². The van der Waals surface area contributed by atoms with Gasteiger partial charge in [-0.15, -0.1) is 0 Å². The molecule has 0 fully saturated rings. The maximum atomic E-state index is 11.7. The second-order valence-corrected chi connectivity index (χ2v) is 3.73. The van der Waals surface area contributed by atoms with E-state index in [1.165, 1.54) is 12.3 Å². The van der Waals surface area contributed by atoms with Gasteiger partial charge < -0.3 is 14.8 Å². The first-order chi connectivity index (χ1) is 8.06. The second-order valence-electron chi connectivity index (χ2n) is 3.73. The van der Waals surface area contributed by atoms with Gasteiger partial charge in [0.15, 0.2) is 0 Å². The third kappa shape index (κ3) is 2.44. The molecule has 0 atom stereocenters. The summed E-state index contributed by atoms with van der Waals surface area (Å²) < 4.78 is 5.11. The van der Waals surface area contributed by atoms with Crippen LogP contribution in [0, 0.1) is 13.8 Å². The van der Waals surface area contributed by atoms with E-state index in [4.69, 9.17) is 4.42 Å². The minimum absolute atomic E-state index is 0.0231. The van der Waals surface area contributed by atoms with Gasteiger partial charge in [0.05, 0.1) is 6.20 Å². The van der Waals surface area contributed by atoms with Crippen LogP contribution in [0.5, 0.6) is 5.75 Å². The summed E-state index contributed by atoms with van der Waals surface area (Å²) in [7, 11) is 0. The Balaban J connectivity index is 2.18. The lowest BCUT2D eigenvalue weighted by Gasteiger charge is -2.06. The van der Waals surface area contributed by atoms with Crippen molar-refractivity contribution in [3.8, 4) is 5.75 Å². The van der Waals surface area contributed by atoms with Gasteiger partial charge in [-0.2, -0.15) is 0 Å². The van der Waals surface area contributed by atoms with Gasteiger partial charge in [0, 0.05) is 5.69 Å². The number of anilines is 1. The molecule has 5 nitrogen and oxygen atoms in total. The van der Waals surface area contributed by atoms with E-state index in [0.717, 1.165) is 5.56 Å². The van der Waals surface area contributed by atoms with Gasteiger partial charge in [0.1, 0.15) is 11.5 Å². The zero-order valence-electron chi connectivity index (χ0n) is 9.52. The van der Waals surface area contributed by atoms with Gasteiger partial charge in [-0.1, -0.05) is 0 Å². The van der Waals surface area contributed by atoms with E-state index >= 15 is 0 Å². The maximum Gasteiger partial charge on any atom is 0.311 e. The number of phenols is 1. The molecule has 1 amide bonds. The number of rotatable bonds is 2. The first kappa shape index (κ1) is 11.2. The van der Waals surface area contributed by atoms with Crippen LogP contribution in [0.25, 0.3) is 0 Å². The minimum Gasteiger partial charge on any atom is -0.508 e. The molecular formula is C12H12N2O3. The van der Waals surface area contributed by atoms with Crippen LogP contribution < -0.4 is 5.32 Å². The third-order valence-electron chi connectivity index (χ3n) is 2.27. The molecule has 0 bridgehead atoms. The maximum absolute atomic E-state index is 11.7. The van der Waals surface area contributed by atoms with Crippen LogP contribution in [0.3, 0.4) is 0 Å². The quantitative estimate of drug-likeness (QED) is 0.778. The lowest BCUT2D eigenvalue weighted by molar-refractivity contribution is 0.0989. The van der Waals surface area contributed by atoms with Crippen molar-refractivity contribution in [3.05, 3.63) is 41.6 Å². The number of nitrogens with one attached hydrogen (secondary N) is 1. The van der Waals surface area contributed by atoms with E-state index in [0.29, 0.717) is 11.4 Å². The predicted molar refractivity (Wildman–Crippen MR) is 62.0 cm³/mol. The SMILES string of the molecule is Cc1cnc(C(=O)Nc2ccc(O)cc2C)o1. The summed E-state index contributed by atoms with van der Waals surface area (Å²) in [5, 5.41) is 11.9. The number of aromatic nitrogens is 1. The van der Waals surface area contributed by atoms with Crippen LogP contribution in [0.4, 0.5) is 5.69 Å². The predicted octanol–water partition coefficient (Wildman–Crippen LogP) is 2.25. The molecule has 17 heavy (non-hydrogen) atoms. The van der Waals surface area contributed by atoms with E-state index < -0.39 is 5.91 Å². The van der Waals surface area contributed by atoms with Crippen molar-refractivity contribution in [2.24, 2.45) is 0 Å². The minimum atomic E-state index is -0.410. The molecule has 2 rings (SSSR count). The van der Waals surface area contributed by atoms with Crippen molar-refractivity contribution in [1.29, 1.82) is 0 Å². The summed E-state index contributed by atoms with van der Waals surface area (Å²) in [5.41, 5.74) is 1.38. The number of amides is 1. The molecule has 1 aromatic heterocycles. The highest BCUT2D eigenvalue weighted by molar-refractivity contribution is 6.01. The van der Waals surface area contributed by atoms with Crippen molar-refractivity contribution in [2.75, 3.05) is 5.32 Å². The van der Waals surface area contributed by atoms with Crippen LogP contribution in [0.1, 0.15) is 22.0 Å². The summed E-state index contributed by atoms with van der Waals surface area (Å²) in [6.45, 7) is 3.51. The van der Waals surface area contributed by atoms with Crippen LogP contribution in [-0.4, -0.2) is 16.0 Å². The molecule has 1 aromatic carbocycles. The first-order valence-electron chi connectivity index (χ1n) is 5.09. The average Bonchev–Trinajstić information content (AvgIpc) is 2.69. The molecule has 0 aliphatic heterocycles. The Bertz CT molecular complexity index is 561. The number of phenolic OH excluding ortho intramolecular Hbond substituents is 1. The van der Waals surface area contributed by atoms with Crippen molar-refractivity contribution in [3.63, 3.8) is 0 Å². The molecule has 5 heteroatoms. The van der Waals surface area contributed by atoms with E-state index in [1.807, 2.05) is 0 Å². The normalized spacial score (nSPS) is 10.2. The van der Waals surface area contributed by atoms with E-state index in [9.17, 15) is 9.90 Å². The number of hydrogen-bond donors (Lipinski definition) is 2. The lowest BCUT2D eigenvalue weighted by Crippen LogP contribution is -2.12. The number of carbonyl (C=O) groups excluding carboxylic acids is 1. The number of oxazole rings is 1. The molecule has 0 radical (unpaired) electrons. The summed E-state index contributed by atoms with van der Waals surface area (Å²) in [4.78, 5) is 15.6. The van der Waals surface area contributed by atoms with Gasteiger partial charge in [0.25, 0.3) is 5.89 Å². The lowest BCUT2D eigenvalue weighted by atomic mass is 10.2. The number of hydrogen-bond acceptors (Lipinski definition) is 4. The van der Waals surface area contributed by atoms with Crippen LogP contribution in [-0.2, 0) is 0 Å². The Hall–Kier alpha value is -2.30. The Morgan fingerprint density at radius 1 is 1.41 bits per heavy atom. The summed E-state index contributed by atoms with van der Waals surface area (Å²) in [5.74, 6) is 0.354. The number of aromatic hydroxyl groups is 1. The highest BCUT2D eigenvalue weighted by Crippen LogP contribution is 2.20. The highest BCUT2D eigenvalue weighted by Gasteiger charge is 2.13. The zero-order chi connectivity index (χ0) is 12.4. The average molecular weight is 232 g/mol. The van der Waals surface area contributed by atoms with Crippen molar-refractivity contribution in [1.82, 2.24) is 4.98 Å². The monoisotopic (exact) mass is 232 g/mol. The fraction of sp³-hybridized carbons (Fsp3) is 0.167. The molecule has 1 heterocycles. The van der Waals surface area contributed by atoms with Gasteiger partial charge in [-0.05, 0) is 37.6 Å². The zero-order valence-corrected chi connectivity index (χ0v) is 9.52. The van der Waals surface area contributed by atoms with Crippen molar-refractivity contribution < 1.29 is 14.3 Å². The Morgan fingerprint density at radius 3 is 2.76 bits per heavy atom. The third-order valence-corrected chi connectivity index (χ3v) is 2.27. The standard InChI is InChI=1S/C12H12N2O3/c1-7-5-9(15)3-4-10(7)14-11(16)12-13-6-8(2)17-12/h3-6,15H,1-2H3,(H,14,16). The van der Waals surface area contributed by atoms with E-state index in [-0.39, 0.29) is 11.6 Å². The molecule has 0 aliphatic carbocycles. The fourth-order valence-electron chi connectivity index (χ4n) is 1.42. The second kappa shape index (κ2) is 4.29. The molecule has 0 unspecified atom stereocenters. The molecule has 0 aliphatic rings. The van der Waals surface area contributed by atoms with Crippen molar-refractivity contribution >= 4 is 11.6 Å². The molecular weight excluding hydrogens is 220 g/mol. The van der Waals surface area contributed by atoms with Gasteiger partial charge in [0.2, 0.25) is 0 Å². The summed E-state index contributed by atoms with van der Waals surface area (Å²) in [6.07, 6.45) is 1.48. The summed E-state index contributed by atoms with van der Waals surface area (Å²) in [6, 6.07) is 4.69. The largest absolute Gasteiger partial charge is 0.508 e. The first-order valence-corrected chi connectivity index (χ1v) is 5.09. The highest BCUT2D eigenvalue weighted by atomic mass is 16.4. The number of carbonyl (C=O) groups is 1. The molecule has 2 aromatic rings. The number of benzene rings is 1. The number of aryl methyl sites for hydroxylation is 2. The smallest absolute Gasteiger partial charge is 0.311 e. The molecule has 0 saturated carbocycles. The fourth-order valence-corrected chi connectivity index (χ4v) is 1.42. The molecule has 2 N–H and O–H groups in total. The van der Waals surface area contributed by atoms with Crippen LogP contribution in [0.2, 0.25) is 0 Å².